The molecule has 0 bridgehead atoms. The lowest BCUT2D eigenvalue weighted by atomic mass is 9.80. The number of alkyl halides is 1. The summed E-state index contributed by atoms with van der Waals surface area (Å²) >= 11 is 0. The van der Waals surface area contributed by atoms with E-state index in [0.29, 0.717) is 25.5 Å². The van der Waals surface area contributed by atoms with Gasteiger partial charge in [0.15, 0.2) is 0 Å². The molecule has 0 aliphatic carbocycles. The largest absolute Gasteiger partial charge is 0.496 e. The maximum Gasteiger partial charge on any atom is 0.496 e. The Hall–Kier alpha value is -1.18. The van der Waals surface area contributed by atoms with E-state index in [4.69, 9.17) is 14.0 Å². The molecule has 0 aromatic carbocycles. The van der Waals surface area contributed by atoms with Gasteiger partial charge in [-0.15, -0.1) is 0 Å². The molecular weight excluding hydrogens is 322 g/mol. The highest BCUT2D eigenvalue weighted by atomic mass is 19.1. The fourth-order valence-corrected chi connectivity index (χ4v) is 3.05. The molecule has 3 heterocycles. The van der Waals surface area contributed by atoms with E-state index < -0.39 is 13.3 Å². The number of aromatic nitrogens is 1. The molecule has 138 valence electrons. The van der Waals surface area contributed by atoms with Crippen LogP contribution in [0, 0.1) is 0 Å². The zero-order valence-electron chi connectivity index (χ0n) is 15.6. The van der Waals surface area contributed by atoms with Crippen LogP contribution in [0.5, 0.6) is 5.88 Å². The van der Waals surface area contributed by atoms with Gasteiger partial charge in [-0.1, -0.05) is 6.07 Å². The number of rotatable bonds is 6. The molecule has 5 nitrogen and oxygen atoms in total. The van der Waals surface area contributed by atoms with E-state index in [2.05, 4.69) is 9.88 Å². The minimum absolute atomic E-state index is 0.360. The van der Waals surface area contributed by atoms with Gasteiger partial charge in [0.2, 0.25) is 5.88 Å². The lowest BCUT2D eigenvalue weighted by Crippen LogP contribution is -2.41. The second kappa shape index (κ2) is 7.21. The second-order valence-corrected chi connectivity index (χ2v) is 7.91. The standard InChI is InChI=1S/C18H28BFN2O3/c1-17(2)18(3,4)25-19(24-17)14-6-7-16(21-12-14)23-11-5-9-22-10-8-15(20)13-22/h6-7,12,15H,5,8-11,13H2,1-4H3/t15-/m0/s1. The molecule has 25 heavy (non-hydrogen) atoms. The Morgan fingerprint density at radius 1 is 1.28 bits per heavy atom. The van der Waals surface area contributed by atoms with Crippen LogP contribution >= 0.6 is 0 Å². The first-order valence-corrected chi connectivity index (χ1v) is 9.08. The molecule has 3 rings (SSSR count). The molecule has 0 spiro atoms. The van der Waals surface area contributed by atoms with Gasteiger partial charge in [-0.25, -0.2) is 9.37 Å². The lowest BCUT2D eigenvalue weighted by molar-refractivity contribution is 0.00578. The summed E-state index contributed by atoms with van der Waals surface area (Å²) in [7, 11) is -0.407. The summed E-state index contributed by atoms with van der Waals surface area (Å²) in [6.07, 6.45) is 2.60. The average Bonchev–Trinajstić information content (AvgIpc) is 3.05. The van der Waals surface area contributed by atoms with Crippen molar-refractivity contribution in [3.63, 3.8) is 0 Å². The summed E-state index contributed by atoms with van der Waals surface area (Å²) in [5.41, 5.74) is 0.166. The highest BCUT2D eigenvalue weighted by Gasteiger charge is 2.51. The Labute approximate surface area is 150 Å². The van der Waals surface area contributed by atoms with Gasteiger partial charge < -0.3 is 18.9 Å². The van der Waals surface area contributed by atoms with Gasteiger partial charge in [-0.2, -0.15) is 0 Å². The normalized spacial score (nSPS) is 25.5. The van der Waals surface area contributed by atoms with Crippen LogP contribution in [0.15, 0.2) is 18.3 Å². The van der Waals surface area contributed by atoms with E-state index in [1.807, 2.05) is 39.8 Å². The van der Waals surface area contributed by atoms with Crippen LogP contribution in [-0.2, 0) is 9.31 Å². The summed E-state index contributed by atoms with van der Waals surface area (Å²) in [4.78, 5) is 6.49. The van der Waals surface area contributed by atoms with Crippen LogP contribution in [0.3, 0.4) is 0 Å². The zero-order valence-corrected chi connectivity index (χ0v) is 15.6. The van der Waals surface area contributed by atoms with Crippen molar-refractivity contribution in [1.82, 2.24) is 9.88 Å². The highest BCUT2D eigenvalue weighted by molar-refractivity contribution is 6.62. The molecule has 7 heteroatoms. The number of pyridine rings is 1. The fourth-order valence-electron chi connectivity index (χ4n) is 3.05. The van der Waals surface area contributed by atoms with E-state index >= 15 is 0 Å². The molecule has 0 unspecified atom stereocenters. The number of ether oxygens (including phenoxy) is 1. The third kappa shape index (κ3) is 4.33. The van der Waals surface area contributed by atoms with Crippen molar-refractivity contribution in [1.29, 1.82) is 0 Å². The van der Waals surface area contributed by atoms with Crippen molar-refractivity contribution in [2.45, 2.75) is 57.9 Å². The molecule has 1 atom stereocenters. The molecule has 0 radical (unpaired) electrons. The van der Waals surface area contributed by atoms with Gasteiger partial charge in [0.25, 0.3) is 0 Å². The molecular formula is C18H28BFN2O3. The molecule has 1 aromatic rings. The Bertz CT molecular complexity index is 566. The molecule has 2 aliphatic rings. The third-order valence-electron chi connectivity index (χ3n) is 5.37. The Balaban J connectivity index is 1.45. The SMILES string of the molecule is CC1(C)OB(c2ccc(OCCCN3CC[C@H](F)C3)nc2)OC1(C)C. The number of halogens is 1. The van der Waals surface area contributed by atoms with E-state index in [9.17, 15) is 4.39 Å². The van der Waals surface area contributed by atoms with Crippen LogP contribution in [-0.4, -0.2) is 60.6 Å². The Morgan fingerprint density at radius 2 is 2.00 bits per heavy atom. The summed E-state index contributed by atoms with van der Waals surface area (Å²) in [5, 5.41) is 0. The second-order valence-electron chi connectivity index (χ2n) is 7.91. The summed E-state index contributed by atoms with van der Waals surface area (Å²) in [5.74, 6) is 0.588. The van der Waals surface area contributed by atoms with Crippen LogP contribution < -0.4 is 10.2 Å². The summed E-state index contributed by atoms with van der Waals surface area (Å²) < 4.78 is 30.8. The van der Waals surface area contributed by atoms with Crippen molar-refractivity contribution in [2.24, 2.45) is 0 Å². The summed E-state index contributed by atoms with van der Waals surface area (Å²) in [6.45, 7) is 11.0. The lowest BCUT2D eigenvalue weighted by Gasteiger charge is -2.32. The zero-order chi connectivity index (χ0) is 18.1. The van der Waals surface area contributed by atoms with E-state index in [0.717, 1.165) is 25.0 Å². The topological polar surface area (TPSA) is 43.8 Å². The van der Waals surface area contributed by atoms with Gasteiger partial charge in [0, 0.05) is 31.3 Å². The minimum Gasteiger partial charge on any atom is -0.478 e. The van der Waals surface area contributed by atoms with Crippen LogP contribution in [0.2, 0.25) is 0 Å². The van der Waals surface area contributed by atoms with E-state index in [1.54, 1.807) is 6.20 Å². The van der Waals surface area contributed by atoms with Crippen molar-refractivity contribution < 1.29 is 18.4 Å². The molecule has 1 aromatic heterocycles. The third-order valence-corrected chi connectivity index (χ3v) is 5.37. The van der Waals surface area contributed by atoms with Crippen molar-refractivity contribution in [2.75, 3.05) is 26.2 Å². The van der Waals surface area contributed by atoms with Gasteiger partial charge in [0.05, 0.1) is 17.8 Å². The molecule has 0 N–H and O–H groups in total. The van der Waals surface area contributed by atoms with Crippen molar-refractivity contribution >= 4 is 12.6 Å². The number of hydrogen-bond donors (Lipinski definition) is 0. The number of likely N-dealkylation sites (tertiary alicyclic amines) is 1. The van der Waals surface area contributed by atoms with E-state index in [-0.39, 0.29) is 11.2 Å². The number of hydrogen-bond acceptors (Lipinski definition) is 5. The monoisotopic (exact) mass is 350 g/mol. The smallest absolute Gasteiger partial charge is 0.478 e. The highest BCUT2D eigenvalue weighted by Crippen LogP contribution is 2.36. The molecule has 2 fully saturated rings. The van der Waals surface area contributed by atoms with E-state index in [1.165, 1.54) is 0 Å². The maximum absolute atomic E-state index is 13.1. The predicted molar refractivity (Wildman–Crippen MR) is 96.0 cm³/mol. The van der Waals surface area contributed by atoms with Gasteiger partial charge in [-0.3, -0.25) is 0 Å². The maximum atomic E-state index is 13.1. The first-order chi connectivity index (χ1) is 11.8. The Morgan fingerprint density at radius 3 is 2.56 bits per heavy atom. The Kier molecular flexibility index (Phi) is 5.37. The van der Waals surface area contributed by atoms with Crippen LogP contribution in [0.25, 0.3) is 0 Å². The van der Waals surface area contributed by atoms with Gasteiger partial charge in [0.1, 0.15) is 6.17 Å². The molecule has 0 saturated carbocycles. The molecule has 2 saturated heterocycles. The number of nitrogens with zero attached hydrogens (tertiary/aromatic N) is 2. The van der Waals surface area contributed by atoms with Crippen molar-refractivity contribution in [3.05, 3.63) is 18.3 Å². The fraction of sp³-hybridized carbons (Fsp3) is 0.722. The van der Waals surface area contributed by atoms with Crippen LogP contribution in [0.1, 0.15) is 40.5 Å². The molecule has 0 amide bonds. The minimum atomic E-state index is -0.662. The predicted octanol–water partition coefficient (Wildman–Crippen LogP) is 2.19. The van der Waals surface area contributed by atoms with Gasteiger partial charge in [-0.05, 0) is 46.6 Å². The first-order valence-electron chi connectivity index (χ1n) is 9.08. The average molecular weight is 350 g/mol. The quantitative estimate of drug-likeness (QED) is 0.581. The van der Waals surface area contributed by atoms with Crippen molar-refractivity contribution in [3.8, 4) is 5.88 Å². The summed E-state index contributed by atoms with van der Waals surface area (Å²) in [6, 6.07) is 3.77. The first kappa shape index (κ1) is 18.6. The molecule has 2 aliphatic heterocycles. The van der Waals surface area contributed by atoms with Crippen LogP contribution in [0.4, 0.5) is 4.39 Å². The van der Waals surface area contributed by atoms with Gasteiger partial charge >= 0.3 is 7.12 Å².